The van der Waals surface area contributed by atoms with Gasteiger partial charge in [0.05, 0.1) is 5.52 Å². The minimum atomic E-state index is -1.94. The minimum absolute atomic E-state index is 0.0208. The van der Waals surface area contributed by atoms with E-state index in [1.807, 2.05) is 29.8 Å². The van der Waals surface area contributed by atoms with Gasteiger partial charge in [-0.1, -0.05) is 59.8 Å². The van der Waals surface area contributed by atoms with E-state index in [9.17, 15) is 4.79 Å². The van der Waals surface area contributed by atoms with Crippen molar-refractivity contribution >= 4 is 24.8 Å². The van der Waals surface area contributed by atoms with Crippen LogP contribution in [0.3, 0.4) is 0 Å². The van der Waals surface area contributed by atoms with Crippen molar-refractivity contribution in [1.82, 2.24) is 9.78 Å². The molecule has 0 spiro atoms. The van der Waals surface area contributed by atoms with Crippen molar-refractivity contribution in [3.05, 3.63) is 46.3 Å². The third-order valence-electron chi connectivity index (χ3n) is 6.21. The molecular formula is C24H38N2O2Si. The van der Waals surface area contributed by atoms with E-state index in [1.54, 1.807) is 0 Å². The lowest BCUT2D eigenvalue weighted by Gasteiger charge is -2.42. The Morgan fingerprint density at radius 3 is 2.21 bits per heavy atom. The summed E-state index contributed by atoms with van der Waals surface area (Å²) < 4.78 is 8.58. The van der Waals surface area contributed by atoms with E-state index < -0.39 is 8.32 Å². The highest BCUT2D eigenvalue weighted by molar-refractivity contribution is 6.77. The molecule has 0 aliphatic heterocycles. The lowest BCUT2D eigenvalue weighted by atomic mass is 10.1. The molecule has 0 N–H and O–H groups in total. The second kappa shape index (κ2) is 9.39. The van der Waals surface area contributed by atoms with Crippen molar-refractivity contribution in [3.63, 3.8) is 0 Å². The van der Waals surface area contributed by atoms with Crippen LogP contribution in [0.25, 0.3) is 16.5 Å². The van der Waals surface area contributed by atoms with Gasteiger partial charge >= 0.3 is 0 Å². The Hall–Kier alpha value is -1.72. The van der Waals surface area contributed by atoms with E-state index in [2.05, 4.69) is 60.1 Å². The van der Waals surface area contributed by atoms with E-state index in [-0.39, 0.29) is 5.43 Å². The van der Waals surface area contributed by atoms with Gasteiger partial charge in [-0.3, -0.25) is 9.48 Å². The number of rotatable bonds is 9. The first-order valence-electron chi connectivity index (χ1n) is 10.9. The van der Waals surface area contributed by atoms with Gasteiger partial charge < -0.3 is 4.43 Å². The number of allylic oxidation sites excluding steroid dienone is 1. The van der Waals surface area contributed by atoms with Crippen molar-refractivity contribution < 1.29 is 4.43 Å². The fourth-order valence-electron chi connectivity index (χ4n) is 4.83. The summed E-state index contributed by atoms with van der Waals surface area (Å²) in [6, 6.07) is 5.90. The Labute approximate surface area is 177 Å². The van der Waals surface area contributed by atoms with Crippen LogP contribution in [0, 0.1) is 0 Å². The highest BCUT2D eigenvalue weighted by Gasteiger charge is 2.44. The van der Waals surface area contributed by atoms with Crippen molar-refractivity contribution in [1.29, 1.82) is 0 Å². The van der Waals surface area contributed by atoms with Crippen LogP contribution in [0.15, 0.2) is 29.6 Å². The Balaban J connectivity index is 2.37. The maximum atomic E-state index is 13.1. The lowest BCUT2D eigenvalue weighted by Crippen LogP contribution is -2.48. The molecule has 0 saturated carbocycles. The van der Waals surface area contributed by atoms with Crippen LogP contribution in [0.5, 0.6) is 0 Å². The number of aromatic nitrogens is 2. The molecule has 5 heteroatoms. The van der Waals surface area contributed by atoms with E-state index >= 15 is 0 Å². The van der Waals surface area contributed by atoms with Gasteiger partial charge in [0.15, 0.2) is 8.32 Å². The lowest BCUT2D eigenvalue weighted by molar-refractivity contribution is 0.279. The van der Waals surface area contributed by atoms with Crippen molar-refractivity contribution in [2.24, 2.45) is 0 Å². The van der Waals surface area contributed by atoms with Gasteiger partial charge in [-0.25, -0.2) is 0 Å². The van der Waals surface area contributed by atoms with Gasteiger partial charge in [-0.15, -0.1) is 0 Å². The van der Waals surface area contributed by atoms with E-state index in [0.29, 0.717) is 41.9 Å². The molecule has 0 amide bonds. The quantitative estimate of drug-likeness (QED) is 0.460. The van der Waals surface area contributed by atoms with E-state index in [4.69, 9.17) is 4.43 Å². The molecule has 0 fully saturated rings. The highest BCUT2D eigenvalue weighted by atomic mass is 28.4. The van der Waals surface area contributed by atoms with Gasteiger partial charge in [0.1, 0.15) is 5.69 Å². The van der Waals surface area contributed by atoms with Gasteiger partial charge in [0, 0.05) is 25.0 Å². The first kappa shape index (κ1) is 23.6. The molecule has 1 aromatic heterocycles. The molecule has 1 aromatic carbocycles. The number of benzene rings is 1. The predicted octanol–water partition coefficient (Wildman–Crippen LogP) is 6.18. The van der Waals surface area contributed by atoms with Crippen LogP contribution in [0.2, 0.25) is 16.6 Å². The zero-order chi connectivity index (χ0) is 21.9. The first-order chi connectivity index (χ1) is 13.6. The van der Waals surface area contributed by atoms with E-state index in [1.165, 1.54) is 0 Å². The fourth-order valence-corrected chi connectivity index (χ4v) is 10.3. The maximum absolute atomic E-state index is 13.1. The second-order valence-corrected chi connectivity index (χ2v) is 14.5. The molecule has 160 valence electrons. The van der Waals surface area contributed by atoms with Crippen LogP contribution in [0.4, 0.5) is 0 Å². The normalized spacial score (nSPS) is 12.5. The molecule has 0 bridgehead atoms. The zero-order valence-corrected chi connectivity index (χ0v) is 20.5. The van der Waals surface area contributed by atoms with Gasteiger partial charge in [0.2, 0.25) is 5.43 Å². The van der Waals surface area contributed by atoms with Crippen molar-refractivity contribution in [2.45, 2.75) is 85.0 Å². The summed E-state index contributed by atoms with van der Waals surface area (Å²) in [5.74, 6) is 0. The minimum Gasteiger partial charge on any atom is -0.416 e. The van der Waals surface area contributed by atoms with Crippen molar-refractivity contribution in [2.75, 3.05) is 6.61 Å². The predicted molar refractivity (Wildman–Crippen MR) is 127 cm³/mol. The Kier molecular flexibility index (Phi) is 7.63. The number of hydrogen-bond acceptors (Lipinski definition) is 3. The fraction of sp³-hybridized carbons (Fsp3) is 0.583. The number of fused-ring (bicyclic) bond motifs is 1. The number of nitrogens with zero attached hydrogens (tertiary/aromatic N) is 2. The molecule has 0 aliphatic rings. The molecular weight excluding hydrogens is 376 g/mol. The standard InChI is InChI=1S/C24H38N2O2Si/c1-10-26-23-15-20(16(2)3)11-12-21(23)24(27)22(25-26)13-14-28-29(17(4)5,18(6)7)19(8)9/h11-12,15,17-19H,2,10,13-14H2,1,3-9H3. The molecule has 29 heavy (non-hydrogen) atoms. The topological polar surface area (TPSA) is 44.1 Å². The van der Waals surface area contributed by atoms with Gasteiger partial charge in [0.25, 0.3) is 0 Å². The summed E-state index contributed by atoms with van der Waals surface area (Å²) in [6.45, 7) is 23.0. The number of aryl methyl sites for hydroxylation is 1. The molecule has 2 rings (SSSR count). The summed E-state index contributed by atoms with van der Waals surface area (Å²) >= 11 is 0. The highest BCUT2D eigenvalue weighted by Crippen LogP contribution is 2.42. The smallest absolute Gasteiger partial charge is 0.211 e. The van der Waals surface area contributed by atoms with Crippen LogP contribution in [-0.4, -0.2) is 24.7 Å². The molecule has 4 nitrogen and oxygen atoms in total. The summed E-state index contributed by atoms with van der Waals surface area (Å²) in [5, 5.41) is 5.41. The third-order valence-corrected chi connectivity index (χ3v) is 12.3. The zero-order valence-electron chi connectivity index (χ0n) is 19.5. The van der Waals surface area contributed by atoms with Crippen LogP contribution >= 0.6 is 0 Å². The molecule has 0 radical (unpaired) electrons. The second-order valence-electron chi connectivity index (χ2n) is 9.02. The Bertz CT molecular complexity index is 907. The average molecular weight is 415 g/mol. The molecule has 1 heterocycles. The molecule has 0 unspecified atom stereocenters. The summed E-state index contributed by atoms with van der Waals surface area (Å²) in [7, 11) is -1.94. The summed E-state index contributed by atoms with van der Waals surface area (Å²) in [5.41, 5.74) is 5.10. The average Bonchev–Trinajstić information content (AvgIpc) is 2.65. The molecule has 0 atom stereocenters. The van der Waals surface area contributed by atoms with Crippen LogP contribution in [0.1, 0.15) is 66.6 Å². The summed E-state index contributed by atoms with van der Waals surface area (Å²) in [4.78, 5) is 13.1. The third kappa shape index (κ3) is 4.56. The Morgan fingerprint density at radius 2 is 1.72 bits per heavy atom. The van der Waals surface area contributed by atoms with Gasteiger partial charge in [-0.05, 0) is 48.2 Å². The first-order valence-corrected chi connectivity index (χ1v) is 13.0. The monoisotopic (exact) mass is 414 g/mol. The van der Waals surface area contributed by atoms with Crippen molar-refractivity contribution in [3.8, 4) is 0 Å². The SMILES string of the molecule is C=C(C)c1ccc2c(=O)c(CCO[Si](C(C)C)(C(C)C)C(C)C)nn(CC)c2c1. The Morgan fingerprint density at radius 1 is 1.14 bits per heavy atom. The molecule has 0 saturated heterocycles. The number of hydrogen-bond donors (Lipinski definition) is 0. The largest absolute Gasteiger partial charge is 0.416 e. The maximum Gasteiger partial charge on any atom is 0.211 e. The summed E-state index contributed by atoms with van der Waals surface area (Å²) in [6.07, 6.45) is 0.553. The molecule has 2 aromatic rings. The van der Waals surface area contributed by atoms with Gasteiger partial charge in [-0.2, -0.15) is 5.10 Å². The van der Waals surface area contributed by atoms with E-state index in [0.717, 1.165) is 22.0 Å². The molecule has 0 aliphatic carbocycles. The van der Waals surface area contributed by atoms with Crippen LogP contribution in [-0.2, 0) is 17.4 Å². The van der Waals surface area contributed by atoms with Crippen LogP contribution < -0.4 is 5.43 Å².